The minimum atomic E-state index is -0.245. The molecule has 5 N–H and O–H groups in total. The fourth-order valence-electron chi connectivity index (χ4n) is 6.98. The van der Waals surface area contributed by atoms with Crippen LogP contribution in [0.4, 0.5) is 22.7 Å². The third-order valence-electron chi connectivity index (χ3n) is 10.1. The molecule has 6 heterocycles. The zero-order valence-electron chi connectivity index (χ0n) is 34.2. The number of para-hydroxylation sites is 1. The van der Waals surface area contributed by atoms with E-state index in [2.05, 4.69) is 68.5 Å². The average Bonchev–Trinajstić information content (AvgIpc) is 4.04. The molecule has 316 valence electrons. The third kappa shape index (κ3) is 10.8. The molecule has 0 aliphatic carbocycles. The summed E-state index contributed by atoms with van der Waals surface area (Å²) in [6, 6.07) is 29.4. The van der Waals surface area contributed by atoms with Gasteiger partial charge in [0.05, 0.1) is 35.1 Å². The Labute approximate surface area is 368 Å². The highest BCUT2D eigenvalue weighted by Crippen LogP contribution is 2.31. The van der Waals surface area contributed by atoms with E-state index in [4.69, 9.17) is 4.74 Å². The van der Waals surface area contributed by atoms with E-state index >= 15 is 0 Å². The Morgan fingerprint density at radius 3 is 1.58 bits per heavy atom. The molecule has 2 aliphatic rings. The fraction of sp³-hybridized carbons (Fsp3) is 0.217. The number of aromatic nitrogens is 4. The Kier molecular flexibility index (Phi) is 14.1. The van der Waals surface area contributed by atoms with Crippen molar-refractivity contribution < 1.29 is 14.3 Å². The van der Waals surface area contributed by atoms with Gasteiger partial charge in [-0.3, -0.25) is 19.6 Å². The summed E-state index contributed by atoms with van der Waals surface area (Å²) in [5, 5.41) is 21.0. The van der Waals surface area contributed by atoms with Crippen molar-refractivity contribution in [3.8, 4) is 32.6 Å². The van der Waals surface area contributed by atoms with Gasteiger partial charge in [-0.15, -0.1) is 22.7 Å². The van der Waals surface area contributed by atoms with Crippen molar-refractivity contribution in [1.82, 2.24) is 35.9 Å². The lowest BCUT2D eigenvalue weighted by Crippen LogP contribution is -2.43. The van der Waals surface area contributed by atoms with Crippen LogP contribution in [0.3, 0.4) is 0 Å². The minimum absolute atomic E-state index is 0.219. The molecule has 2 amide bonds. The summed E-state index contributed by atoms with van der Waals surface area (Å²) in [6.07, 6.45) is 6.89. The number of hydrogen-bond acceptors (Lipinski definition) is 14. The van der Waals surface area contributed by atoms with Gasteiger partial charge in [-0.1, -0.05) is 42.5 Å². The molecule has 2 aliphatic heterocycles. The highest BCUT2D eigenvalue weighted by atomic mass is 32.1. The van der Waals surface area contributed by atoms with Crippen LogP contribution in [-0.2, 0) is 6.54 Å². The molecule has 14 nitrogen and oxygen atoms in total. The number of anilines is 4. The van der Waals surface area contributed by atoms with E-state index in [0.29, 0.717) is 22.8 Å². The van der Waals surface area contributed by atoms with Gasteiger partial charge in [-0.2, -0.15) is 0 Å². The summed E-state index contributed by atoms with van der Waals surface area (Å²) in [4.78, 5) is 47.7. The van der Waals surface area contributed by atoms with E-state index in [-0.39, 0.29) is 11.8 Å². The number of nitrogens with zero attached hydrogens (tertiary/aromatic N) is 6. The zero-order valence-corrected chi connectivity index (χ0v) is 35.8. The number of nitrogens with one attached hydrogen (secondary N) is 5. The number of piperazine rings is 2. The first kappa shape index (κ1) is 42.1. The minimum Gasteiger partial charge on any atom is -0.457 e. The first-order valence-corrected chi connectivity index (χ1v) is 22.2. The first-order valence-electron chi connectivity index (χ1n) is 20.4. The van der Waals surface area contributed by atoms with E-state index in [1.165, 1.54) is 28.2 Å². The predicted molar refractivity (Wildman–Crippen MR) is 249 cm³/mol. The maximum atomic E-state index is 12.9. The van der Waals surface area contributed by atoms with Crippen LogP contribution in [-0.4, -0.2) is 91.2 Å². The van der Waals surface area contributed by atoms with Crippen molar-refractivity contribution in [3.63, 3.8) is 0 Å². The van der Waals surface area contributed by atoms with Gasteiger partial charge in [-0.25, -0.2) is 9.97 Å². The van der Waals surface area contributed by atoms with Gasteiger partial charge >= 0.3 is 0 Å². The van der Waals surface area contributed by atoms with Crippen molar-refractivity contribution in [3.05, 3.63) is 143 Å². The molecule has 9 rings (SSSR count). The average molecular weight is 866 g/mol. The normalized spacial score (nSPS) is 13.8. The summed E-state index contributed by atoms with van der Waals surface area (Å²) in [7, 11) is 1.93. The van der Waals surface area contributed by atoms with Crippen LogP contribution < -0.4 is 41.1 Å². The molecule has 0 unspecified atom stereocenters. The van der Waals surface area contributed by atoms with Crippen LogP contribution in [0.15, 0.2) is 127 Å². The second kappa shape index (κ2) is 20.8. The number of pyridine rings is 2. The molecule has 0 atom stereocenters. The number of ether oxygens (including phenoxy) is 1. The summed E-state index contributed by atoms with van der Waals surface area (Å²) in [5.41, 5.74) is 7.33. The molecule has 16 heteroatoms. The third-order valence-corrected chi connectivity index (χ3v) is 11.9. The van der Waals surface area contributed by atoms with E-state index < -0.39 is 0 Å². The van der Waals surface area contributed by atoms with E-state index in [0.717, 1.165) is 103 Å². The first-order chi connectivity index (χ1) is 30.5. The fourth-order valence-corrected chi connectivity index (χ4v) is 8.60. The quantitative estimate of drug-likeness (QED) is 0.0839. The SMILES string of the molecule is CNCc1ccc(-c2nc(C(=O)Nc3cnccc3N3CCNCC3)cs2)cc1.O=C(Nc1cnccc1N1CCNCC1)c1csc(-c2ccc(Oc3ccccc3)cc2)n1. The van der Waals surface area contributed by atoms with Crippen molar-refractivity contribution in [2.24, 2.45) is 0 Å². The Morgan fingerprint density at radius 1 is 0.629 bits per heavy atom. The molecular formula is C46H47N11O3S2. The number of hydrogen-bond donors (Lipinski definition) is 5. The van der Waals surface area contributed by atoms with Gasteiger partial charge in [0.15, 0.2) is 0 Å². The second-order valence-electron chi connectivity index (χ2n) is 14.4. The largest absolute Gasteiger partial charge is 0.457 e. The van der Waals surface area contributed by atoms with Crippen molar-refractivity contribution >= 4 is 57.2 Å². The van der Waals surface area contributed by atoms with Gasteiger partial charge < -0.3 is 41.1 Å². The zero-order chi connectivity index (χ0) is 42.5. The topological polar surface area (TPSA) is 162 Å². The monoisotopic (exact) mass is 865 g/mol. The Bertz CT molecular complexity index is 2540. The van der Waals surface area contributed by atoms with Gasteiger partial charge in [0.25, 0.3) is 11.8 Å². The Balaban J connectivity index is 0.000000172. The molecular weight excluding hydrogens is 819 g/mol. The van der Waals surface area contributed by atoms with Gasteiger partial charge in [0.2, 0.25) is 0 Å². The van der Waals surface area contributed by atoms with Gasteiger partial charge in [-0.05, 0) is 61.1 Å². The smallest absolute Gasteiger partial charge is 0.275 e. The predicted octanol–water partition coefficient (Wildman–Crippen LogP) is 7.25. The highest BCUT2D eigenvalue weighted by Gasteiger charge is 2.20. The Morgan fingerprint density at radius 2 is 1.10 bits per heavy atom. The summed E-state index contributed by atoms with van der Waals surface area (Å²) < 4.78 is 5.85. The number of rotatable bonds is 12. The summed E-state index contributed by atoms with van der Waals surface area (Å²) >= 11 is 2.91. The van der Waals surface area contributed by atoms with Crippen molar-refractivity contribution in [2.45, 2.75) is 6.54 Å². The molecule has 2 saturated heterocycles. The van der Waals surface area contributed by atoms with Crippen molar-refractivity contribution in [1.29, 1.82) is 0 Å². The lowest BCUT2D eigenvalue weighted by atomic mass is 10.1. The number of amides is 2. The van der Waals surface area contributed by atoms with Crippen LogP contribution in [0.1, 0.15) is 26.5 Å². The van der Waals surface area contributed by atoms with Crippen LogP contribution in [0.2, 0.25) is 0 Å². The summed E-state index contributed by atoms with van der Waals surface area (Å²) in [6.45, 7) is 8.09. The van der Waals surface area contributed by atoms with Crippen LogP contribution >= 0.6 is 22.7 Å². The van der Waals surface area contributed by atoms with E-state index in [9.17, 15) is 9.59 Å². The number of carbonyl (C=O) groups excluding carboxylic acids is 2. The molecule has 7 aromatic rings. The van der Waals surface area contributed by atoms with Crippen molar-refractivity contribution in [2.75, 3.05) is 79.8 Å². The van der Waals surface area contributed by atoms with E-state index in [1.807, 2.05) is 85.9 Å². The molecule has 0 bridgehead atoms. The molecule has 4 aromatic heterocycles. The lowest BCUT2D eigenvalue weighted by Gasteiger charge is -2.30. The standard InChI is InChI=1S/C25H23N5O2S.C21H24N6OS/c31-24(28-21-16-27-11-10-23(21)30-14-12-26-13-15-30)22-17-33-25(29-22)18-6-8-20(9-7-18)32-19-4-2-1-3-5-19;1-22-12-15-2-4-16(5-3-15)21-26-18(14-29-21)20(28)25-17-13-24-7-6-19(17)27-10-8-23-9-11-27/h1-11,16-17,26H,12-15H2,(H,28,31);2-7,13-14,22-23H,8-12H2,1H3,(H,25,28). The molecule has 2 fully saturated rings. The lowest BCUT2D eigenvalue weighted by molar-refractivity contribution is 0.101. The Hall–Kier alpha value is -6.56. The maximum Gasteiger partial charge on any atom is 0.275 e. The molecule has 0 spiro atoms. The van der Waals surface area contributed by atoms with Crippen LogP contribution in [0.25, 0.3) is 21.1 Å². The molecule has 62 heavy (non-hydrogen) atoms. The second-order valence-corrected chi connectivity index (χ2v) is 16.1. The molecule has 0 radical (unpaired) electrons. The number of carbonyl (C=O) groups is 2. The highest BCUT2D eigenvalue weighted by molar-refractivity contribution is 7.13. The molecule has 3 aromatic carbocycles. The molecule has 0 saturated carbocycles. The summed E-state index contributed by atoms with van der Waals surface area (Å²) in [5.74, 6) is 1.07. The van der Waals surface area contributed by atoms with Gasteiger partial charge in [0.1, 0.15) is 32.9 Å². The van der Waals surface area contributed by atoms with Crippen LogP contribution in [0, 0.1) is 0 Å². The number of benzene rings is 3. The maximum absolute atomic E-state index is 12.9. The number of thiazole rings is 2. The van der Waals surface area contributed by atoms with Gasteiger partial charge in [0, 0.05) is 93.2 Å². The van der Waals surface area contributed by atoms with E-state index in [1.54, 1.807) is 35.5 Å². The van der Waals surface area contributed by atoms with Crippen LogP contribution in [0.5, 0.6) is 11.5 Å².